The average molecular weight is 485 g/mol. The van der Waals surface area contributed by atoms with Crippen LogP contribution in [0.1, 0.15) is 27.2 Å². The average Bonchev–Trinajstić information content (AvgIpc) is 3.31. The van der Waals surface area contributed by atoms with Crippen LogP contribution >= 0.6 is 11.8 Å². The molecule has 2 aromatic carbocycles. The molecule has 0 fully saturated rings. The van der Waals surface area contributed by atoms with Crippen LogP contribution in [0, 0.1) is 6.92 Å². The maximum Gasteiger partial charge on any atom is 0.337 e. The fourth-order valence-electron chi connectivity index (χ4n) is 4.05. The zero-order valence-electron chi connectivity index (χ0n) is 19.5. The van der Waals surface area contributed by atoms with Crippen LogP contribution in [0.2, 0.25) is 0 Å². The first-order chi connectivity index (χ1) is 17.0. The highest BCUT2D eigenvalue weighted by molar-refractivity contribution is 7.98. The van der Waals surface area contributed by atoms with Crippen molar-refractivity contribution in [3.05, 3.63) is 106 Å². The van der Waals surface area contributed by atoms with Gasteiger partial charge in [-0.05, 0) is 48.7 Å². The summed E-state index contributed by atoms with van der Waals surface area (Å²) in [6.45, 7) is 2.53. The van der Waals surface area contributed by atoms with Gasteiger partial charge in [0.05, 0.1) is 29.3 Å². The van der Waals surface area contributed by atoms with E-state index in [9.17, 15) is 9.59 Å². The van der Waals surface area contributed by atoms with Crippen molar-refractivity contribution in [3.63, 3.8) is 0 Å². The van der Waals surface area contributed by atoms with Crippen molar-refractivity contribution in [1.29, 1.82) is 0 Å². The third kappa shape index (κ3) is 4.70. The molecule has 3 heterocycles. The van der Waals surface area contributed by atoms with Gasteiger partial charge in [0.2, 0.25) is 0 Å². The first kappa shape index (κ1) is 22.9. The van der Waals surface area contributed by atoms with Crippen molar-refractivity contribution in [3.8, 4) is 0 Å². The number of hydrogen-bond donors (Lipinski definition) is 0. The van der Waals surface area contributed by atoms with Gasteiger partial charge < -0.3 is 9.14 Å². The summed E-state index contributed by atoms with van der Waals surface area (Å²) < 4.78 is 8.56. The molecule has 5 aromatic rings. The summed E-state index contributed by atoms with van der Waals surface area (Å²) in [6.07, 6.45) is 4.68. The molecule has 0 aliphatic heterocycles. The smallest absolute Gasteiger partial charge is 0.337 e. The summed E-state index contributed by atoms with van der Waals surface area (Å²) in [5.41, 5.74) is 4.77. The van der Waals surface area contributed by atoms with E-state index in [0.717, 1.165) is 22.5 Å². The fraction of sp³-hybridized carbons (Fsp3) is 0.185. The quantitative estimate of drug-likeness (QED) is 0.190. The molecule has 8 heteroatoms. The lowest BCUT2D eigenvalue weighted by Crippen LogP contribution is -2.24. The number of carbonyl (C=O) groups is 1. The number of aromatic nitrogens is 4. The Bertz CT molecular complexity index is 1590. The SMILES string of the molecule is COC(=O)c1ccc2c(=O)n(CCc3ccccc3)c(SCc3cn4cccc(C)c4n3)nc2c1. The fourth-order valence-corrected chi connectivity index (χ4v) is 4.96. The van der Waals surface area contributed by atoms with Crippen LogP contribution in [0.3, 0.4) is 0 Å². The van der Waals surface area contributed by atoms with Crippen molar-refractivity contribution in [1.82, 2.24) is 18.9 Å². The second-order valence-corrected chi connectivity index (χ2v) is 9.20. The summed E-state index contributed by atoms with van der Waals surface area (Å²) in [6, 6.07) is 18.9. The molecule has 7 nitrogen and oxygen atoms in total. The number of pyridine rings is 1. The van der Waals surface area contributed by atoms with Gasteiger partial charge in [0.1, 0.15) is 5.65 Å². The molecule has 3 aromatic heterocycles. The number of methoxy groups -OCH3 is 1. The van der Waals surface area contributed by atoms with Gasteiger partial charge >= 0.3 is 5.97 Å². The van der Waals surface area contributed by atoms with E-state index in [1.807, 2.05) is 66.2 Å². The van der Waals surface area contributed by atoms with Crippen LogP contribution in [0.15, 0.2) is 83.0 Å². The van der Waals surface area contributed by atoms with Gasteiger partial charge in [-0.15, -0.1) is 0 Å². The van der Waals surface area contributed by atoms with Crippen molar-refractivity contribution >= 4 is 34.3 Å². The van der Waals surface area contributed by atoms with Crippen LogP contribution < -0.4 is 5.56 Å². The molecular weight excluding hydrogens is 460 g/mol. The number of aryl methyl sites for hydroxylation is 2. The Kier molecular flexibility index (Phi) is 6.37. The number of benzene rings is 2. The minimum atomic E-state index is -0.462. The second-order valence-electron chi connectivity index (χ2n) is 8.25. The summed E-state index contributed by atoms with van der Waals surface area (Å²) in [5, 5.41) is 1.06. The molecule has 0 bridgehead atoms. The molecule has 0 unspecified atom stereocenters. The highest BCUT2D eigenvalue weighted by Gasteiger charge is 2.15. The maximum absolute atomic E-state index is 13.5. The first-order valence-electron chi connectivity index (χ1n) is 11.3. The van der Waals surface area contributed by atoms with Crippen molar-refractivity contribution in [2.75, 3.05) is 7.11 Å². The summed E-state index contributed by atoms with van der Waals surface area (Å²) in [7, 11) is 1.33. The summed E-state index contributed by atoms with van der Waals surface area (Å²) >= 11 is 1.47. The Hall–Kier alpha value is -3.91. The minimum Gasteiger partial charge on any atom is -0.465 e. The van der Waals surface area contributed by atoms with Crippen LogP contribution in [0.25, 0.3) is 16.6 Å². The molecule has 0 N–H and O–H groups in total. The van der Waals surface area contributed by atoms with Gasteiger partial charge in [-0.2, -0.15) is 0 Å². The molecule has 0 spiro atoms. The molecule has 0 aliphatic rings. The second kappa shape index (κ2) is 9.76. The highest BCUT2D eigenvalue weighted by atomic mass is 32.2. The Morgan fingerprint density at radius 2 is 1.89 bits per heavy atom. The van der Waals surface area contributed by atoms with Gasteiger partial charge in [-0.1, -0.05) is 48.2 Å². The first-order valence-corrected chi connectivity index (χ1v) is 12.2. The van der Waals surface area contributed by atoms with E-state index in [4.69, 9.17) is 14.7 Å². The zero-order chi connectivity index (χ0) is 24.4. The highest BCUT2D eigenvalue weighted by Crippen LogP contribution is 2.24. The standard InChI is InChI=1S/C27H24N4O3S/c1-18-7-6-13-30-16-21(28-24(18)30)17-35-27-29-23-15-20(26(33)34-2)10-11-22(23)25(32)31(27)14-12-19-8-4-3-5-9-19/h3-11,13,15-16H,12,14,17H2,1-2H3. The Morgan fingerprint density at radius 3 is 2.66 bits per heavy atom. The minimum absolute atomic E-state index is 0.129. The zero-order valence-corrected chi connectivity index (χ0v) is 20.3. The van der Waals surface area contributed by atoms with E-state index in [1.165, 1.54) is 18.9 Å². The van der Waals surface area contributed by atoms with E-state index in [-0.39, 0.29) is 5.56 Å². The lowest BCUT2D eigenvalue weighted by atomic mass is 10.1. The number of fused-ring (bicyclic) bond motifs is 2. The van der Waals surface area contributed by atoms with E-state index < -0.39 is 5.97 Å². The number of rotatable bonds is 7. The Morgan fingerprint density at radius 1 is 1.06 bits per heavy atom. The van der Waals surface area contributed by atoms with Crippen molar-refractivity contribution in [2.45, 2.75) is 30.8 Å². The maximum atomic E-state index is 13.5. The molecule has 0 atom stereocenters. The molecule has 0 radical (unpaired) electrons. The number of ether oxygens (including phenoxy) is 1. The summed E-state index contributed by atoms with van der Waals surface area (Å²) in [5.74, 6) is 0.0948. The third-order valence-electron chi connectivity index (χ3n) is 5.89. The summed E-state index contributed by atoms with van der Waals surface area (Å²) in [4.78, 5) is 35.1. The van der Waals surface area contributed by atoms with Crippen LogP contribution in [-0.4, -0.2) is 32.0 Å². The van der Waals surface area contributed by atoms with E-state index in [0.29, 0.717) is 40.3 Å². The molecule has 176 valence electrons. The monoisotopic (exact) mass is 484 g/mol. The van der Waals surface area contributed by atoms with Crippen LogP contribution in [-0.2, 0) is 23.5 Å². The Labute approximate surface area is 206 Å². The molecule has 35 heavy (non-hydrogen) atoms. The normalized spacial score (nSPS) is 11.3. The number of carbonyl (C=O) groups excluding carboxylic acids is 1. The van der Waals surface area contributed by atoms with Gasteiger partial charge in [0.15, 0.2) is 5.16 Å². The number of esters is 1. The Balaban J connectivity index is 1.52. The predicted molar refractivity (Wildman–Crippen MR) is 137 cm³/mol. The number of thioether (sulfide) groups is 1. The van der Waals surface area contributed by atoms with Crippen LogP contribution in [0.5, 0.6) is 0 Å². The van der Waals surface area contributed by atoms with E-state index in [1.54, 1.807) is 22.8 Å². The van der Waals surface area contributed by atoms with Gasteiger partial charge in [0, 0.05) is 24.7 Å². The topological polar surface area (TPSA) is 78.5 Å². The molecular formula is C27H24N4O3S. The van der Waals surface area contributed by atoms with Gasteiger partial charge in [0.25, 0.3) is 5.56 Å². The number of imidazole rings is 1. The number of nitrogens with zero attached hydrogens (tertiary/aromatic N) is 4. The van der Waals surface area contributed by atoms with E-state index >= 15 is 0 Å². The predicted octanol–water partition coefficient (Wildman–Crippen LogP) is 4.67. The molecule has 0 aliphatic carbocycles. The van der Waals surface area contributed by atoms with Crippen LogP contribution in [0.4, 0.5) is 0 Å². The molecule has 0 saturated carbocycles. The van der Waals surface area contributed by atoms with Crippen molar-refractivity contribution < 1.29 is 9.53 Å². The lowest BCUT2D eigenvalue weighted by Gasteiger charge is -2.13. The molecule has 0 amide bonds. The molecule has 0 saturated heterocycles. The lowest BCUT2D eigenvalue weighted by molar-refractivity contribution is 0.0601. The molecule has 5 rings (SSSR count). The van der Waals surface area contributed by atoms with Gasteiger partial charge in [-0.3, -0.25) is 9.36 Å². The van der Waals surface area contributed by atoms with E-state index in [2.05, 4.69) is 0 Å². The number of hydrogen-bond acceptors (Lipinski definition) is 6. The van der Waals surface area contributed by atoms with Gasteiger partial charge in [-0.25, -0.2) is 14.8 Å². The van der Waals surface area contributed by atoms with Crippen molar-refractivity contribution in [2.24, 2.45) is 0 Å². The third-order valence-corrected chi connectivity index (χ3v) is 6.90. The largest absolute Gasteiger partial charge is 0.465 e.